The van der Waals surface area contributed by atoms with Crippen LogP contribution in [0.2, 0.25) is 5.02 Å². The summed E-state index contributed by atoms with van der Waals surface area (Å²) in [4.78, 5) is 25.7. The number of nitrogens with zero attached hydrogens (tertiary/aromatic N) is 2. The molecule has 6 nitrogen and oxygen atoms in total. The average Bonchev–Trinajstić information content (AvgIpc) is 3.09. The first-order valence-electron chi connectivity index (χ1n) is 9.69. The van der Waals surface area contributed by atoms with Gasteiger partial charge in [-0.1, -0.05) is 39.7 Å². The Morgan fingerprint density at radius 1 is 1.23 bits per heavy atom. The average molecular weight is 525 g/mol. The first-order chi connectivity index (χ1) is 14.9. The Kier molecular flexibility index (Phi) is 8.02. The van der Waals surface area contributed by atoms with Gasteiger partial charge in [0.15, 0.2) is 0 Å². The number of amides is 1. The number of thioether (sulfide) groups is 1. The third kappa shape index (κ3) is 5.61. The first-order valence-corrected chi connectivity index (χ1v) is 12.3. The fraction of sp³-hybridized carbons (Fsp3) is 0.318. The van der Waals surface area contributed by atoms with Crippen molar-refractivity contribution < 1.29 is 14.3 Å². The van der Waals surface area contributed by atoms with Crippen LogP contribution in [-0.4, -0.2) is 54.3 Å². The summed E-state index contributed by atoms with van der Waals surface area (Å²) in [7, 11) is 0. The van der Waals surface area contributed by atoms with Crippen molar-refractivity contribution in [3.05, 3.63) is 63.6 Å². The van der Waals surface area contributed by atoms with E-state index in [2.05, 4.69) is 26.3 Å². The molecular formula is C22H23BrClN3O3S. The van der Waals surface area contributed by atoms with Crippen LogP contribution < -0.4 is 5.32 Å². The van der Waals surface area contributed by atoms with Gasteiger partial charge in [-0.05, 0) is 55.1 Å². The van der Waals surface area contributed by atoms with Crippen molar-refractivity contribution in [1.82, 2.24) is 5.01 Å². The van der Waals surface area contributed by atoms with Gasteiger partial charge >= 0.3 is 5.97 Å². The van der Waals surface area contributed by atoms with E-state index in [1.54, 1.807) is 24.1 Å². The number of carbonyl (C=O) groups is 2. The number of halogens is 2. The molecular weight excluding hydrogens is 502 g/mol. The molecule has 0 radical (unpaired) electrons. The molecule has 31 heavy (non-hydrogen) atoms. The summed E-state index contributed by atoms with van der Waals surface area (Å²) >= 11 is 11.0. The number of hydrogen-bond acceptors (Lipinski definition) is 6. The lowest BCUT2D eigenvalue weighted by Crippen LogP contribution is -2.46. The first kappa shape index (κ1) is 23.6. The molecule has 0 bridgehead atoms. The van der Waals surface area contributed by atoms with Crippen molar-refractivity contribution in [3.63, 3.8) is 0 Å². The van der Waals surface area contributed by atoms with E-state index in [-0.39, 0.29) is 31.6 Å². The maximum atomic E-state index is 13.1. The standard InChI is InChI=1S/C22H23BrClN3O3S/c1-3-30-21(29)22(14-31-2)13-27(26-20(22)15-4-8-17(24)9-5-15)12-19(28)25-18-10-6-16(23)7-11-18/h4-11H,3,12-14H2,1-2H3,(H,25,28). The second kappa shape index (κ2) is 10.5. The van der Waals surface area contributed by atoms with E-state index in [0.717, 1.165) is 10.0 Å². The zero-order chi connectivity index (χ0) is 22.4. The molecule has 1 atom stereocenters. The van der Waals surface area contributed by atoms with Gasteiger partial charge in [0.25, 0.3) is 0 Å². The van der Waals surface area contributed by atoms with Crippen LogP contribution in [0.25, 0.3) is 0 Å². The van der Waals surface area contributed by atoms with Gasteiger partial charge in [0, 0.05) is 20.9 Å². The number of hydrazone groups is 1. The molecule has 2 aromatic carbocycles. The summed E-state index contributed by atoms with van der Waals surface area (Å²) in [6, 6.07) is 14.5. The SMILES string of the molecule is CCOC(=O)C1(CSC)CN(CC(=O)Nc2ccc(Br)cc2)N=C1c1ccc(Cl)cc1. The molecule has 1 aliphatic rings. The fourth-order valence-electron chi connectivity index (χ4n) is 3.44. The number of esters is 1. The minimum Gasteiger partial charge on any atom is -0.465 e. The number of rotatable bonds is 8. The Bertz CT molecular complexity index is 969. The van der Waals surface area contributed by atoms with Gasteiger partial charge in [0.2, 0.25) is 5.91 Å². The second-order valence-electron chi connectivity index (χ2n) is 7.07. The molecule has 0 aliphatic carbocycles. The van der Waals surface area contributed by atoms with Crippen molar-refractivity contribution in [2.75, 3.05) is 37.0 Å². The summed E-state index contributed by atoms with van der Waals surface area (Å²) in [5.74, 6) is -0.0720. The quantitative estimate of drug-likeness (QED) is 0.508. The second-order valence-corrected chi connectivity index (χ2v) is 9.29. The van der Waals surface area contributed by atoms with E-state index in [1.807, 2.05) is 42.7 Å². The van der Waals surface area contributed by atoms with E-state index in [0.29, 0.717) is 22.2 Å². The number of anilines is 1. The molecule has 1 aliphatic heterocycles. The van der Waals surface area contributed by atoms with Crippen LogP contribution in [0.5, 0.6) is 0 Å². The summed E-state index contributed by atoms with van der Waals surface area (Å²) in [5.41, 5.74) is 1.09. The van der Waals surface area contributed by atoms with Crippen molar-refractivity contribution in [1.29, 1.82) is 0 Å². The van der Waals surface area contributed by atoms with E-state index in [1.165, 1.54) is 11.8 Å². The van der Waals surface area contributed by atoms with E-state index >= 15 is 0 Å². The monoisotopic (exact) mass is 523 g/mol. The summed E-state index contributed by atoms with van der Waals surface area (Å²) < 4.78 is 6.36. The van der Waals surface area contributed by atoms with E-state index in [9.17, 15) is 9.59 Å². The van der Waals surface area contributed by atoms with Gasteiger partial charge in [-0.3, -0.25) is 14.6 Å². The lowest BCUT2D eigenvalue weighted by molar-refractivity contribution is -0.150. The van der Waals surface area contributed by atoms with E-state index in [4.69, 9.17) is 16.3 Å². The maximum absolute atomic E-state index is 13.1. The minimum absolute atomic E-state index is 0.0166. The van der Waals surface area contributed by atoms with Crippen molar-refractivity contribution in [2.45, 2.75) is 6.92 Å². The van der Waals surface area contributed by atoms with Crippen molar-refractivity contribution >= 4 is 62.6 Å². The molecule has 0 saturated carbocycles. The lowest BCUT2D eigenvalue weighted by Gasteiger charge is -2.28. The molecule has 1 unspecified atom stereocenters. The van der Waals surface area contributed by atoms with Gasteiger partial charge in [0.1, 0.15) is 12.0 Å². The highest BCUT2D eigenvalue weighted by Crippen LogP contribution is 2.36. The van der Waals surface area contributed by atoms with E-state index < -0.39 is 5.41 Å². The largest absolute Gasteiger partial charge is 0.465 e. The highest BCUT2D eigenvalue weighted by Gasteiger charge is 2.50. The van der Waals surface area contributed by atoms with Crippen LogP contribution in [0, 0.1) is 5.41 Å². The third-order valence-corrected chi connectivity index (χ3v) is 6.34. The van der Waals surface area contributed by atoms with Gasteiger partial charge in [-0.15, -0.1) is 0 Å². The van der Waals surface area contributed by atoms with Crippen molar-refractivity contribution in [2.24, 2.45) is 10.5 Å². The summed E-state index contributed by atoms with van der Waals surface area (Å²) in [5, 5.41) is 9.77. The zero-order valence-electron chi connectivity index (χ0n) is 17.2. The minimum atomic E-state index is -0.971. The Morgan fingerprint density at radius 3 is 2.52 bits per heavy atom. The van der Waals surface area contributed by atoms with Crippen molar-refractivity contribution in [3.8, 4) is 0 Å². The Labute approximate surface area is 199 Å². The molecule has 0 spiro atoms. The zero-order valence-corrected chi connectivity index (χ0v) is 20.4. The highest BCUT2D eigenvalue weighted by atomic mass is 79.9. The molecule has 0 fully saturated rings. The number of hydrogen-bond donors (Lipinski definition) is 1. The number of ether oxygens (including phenoxy) is 1. The number of nitrogens with one attached hydrogen (secondary N) is 1. The van der Waals surface area contributed by atoms with Gasteiger partial charge in [-0.2, -0.15) is 16.9 Å². The van der Waals surface area contributed by atoms with Gasteiger partial charge < -0.3 is 10.1 Å². The van der Waals surface area contributed by atoms with Crippen LogP contribution in [-0.2, 0) is 14.3 Å². The normalized spacial score (nSPS) is 17.9. The predicted molar refractivity (Wildman–Crippen MR) is 130 cm³/mol. The Morgan fingerprint density at radius 2 is 1.90 bits per heavy atom. The highest BCUT2D eigenvalue weighted by molar-refractivity contribution is 9.10. The predicted octanol–water partition coefficient (Wildman–Crippen LogP) is 4.67. The van der Waals surface area contributed by atoms with Crippen LogP contribution >= 0.6 is 39.3 Å². The Hall–Kier alpha value is -2.03. The fourth-order valence-corrected chi connectivity index (χ4v) is 4.67. The molecule has 1 amide bonds. The summed E-state index contributed by atoms with van der Waals surface area (Å²) in [6.45, 7) is 2.33. The third-order valence-electron chi connectivity index (χ3n) is 4.78. The molecule has 1 N–H and O–H groups in total. The Balaban J connectivity index is 1.87. The maximum Gasteiger partial charge on any atom is 0.321 e. The molecule has 2 aromatic rings. The molecule has 0 saturated heterocycles. The van der Waals surface area contributed by atoms with Gasteiger partial charge in [-0.25, -0.2) is 0 Å². The smallest absolute Gasteiger partial charge is 0.321 e. The molecule has 164 valence electrons. The number of benzene rings is 2. The molecule has 9 heteroatoms. The molecule has 3 rings (SSSR count). The summed E-state index contributed by atoms with van der Waals surface area (Å²) in [6.07, 6.45) is 1.93. The molecule has 1 heterocycles. The molecule has 0 aromatic heterocycles. The van der Waals surface area contributed by atoms with Crippen LogP contribution in [0.1, 0.15) is 12.5 Å². The number of carbonyl (C=O) groups excluding carboxylic acids is 2. The van der Waals surface area contributed by atoms with Crippen LogP contribution in [0.4, 0.5) is 5.69 Å². The van der Waals surface area contributed by atoms with Crippen LogP contribution in [0.15, 0.2) is 58.1 Å². The van der Waals surface area contributed by atoms with Crippen LogP contribution in [0.3, 0.4) is 0 Å². The van der Waals surface area contributed by atoms with Gasteiger partial charge in [0.05, 0.1) is 18.9 Å². The topological polar surface area (TPSA) is 71.0 Å². The lowest BCUT2D eigenvalue weighted by atomic mass is 9.82.